The van der Waals surface area contributed by atoms with Gasteiger partial charge in [-0.15, -0.1) is 4.05 Å². The molecule has 0 heterocycles. The molecule has 0 spiro atoms. The minimum absolute atomic E-state index is 0.0681. The first-order valence-corrected chi connectivity index (χ1v) is 7.79. The number of hydrogen-bond acceptors (Lipinski definition) is 0. The van der Waals surface area contributed by atoms with Crippen molar-refractivity contribution in [2.75, 3.05) is 0 Å². The summed E-state index contributed by atoms with van der Waals surface area (Å²) >= 11 is -0.0681. The number of benzene rings is 1. The Morgan fingerprint density at radius 1 is 1.07 bits per heavy atom. The lowest BCUT2D eigenvalue weighted by Gasteiger charge is -2.17. The van der Waals surface area contributed by atoms with E-state index in [0.717, 1.165) is 9.97 Å². The first kappa shape index (κ1) is 13.1. The van der Waals surface area contributed by atoms with Gasteiger partial charge >= 0.3 is 20.4 Å². The first-order valence-electron chi connectivity index (χ1n) is 6.26. The van der Waals surface area contributed by atoms with E-state index in [9.17, 15) is 0 Å². The Balaban J connectivity index is 2.86. The summed E-state index contributed by atoms with van der Waals surface area (Å²) in [5, 5.41) is 0. The molecule has 0 aromatic heterocycles. The molecule has 2 unspecified atom stereocenters. The van der Waals surface area contributed by atoms with Gasteiger partial charge < -0.3 is 0 Å². The van der Waals surface area contributed by atoms with Crippen LogP contribution in [0, 0.1) is 0 Å². The standard InChI is InChI=1S/C10H13.C4H9.Mg/c1-3-9(2)10-7-5-4-6-8-10;1-3-4-2;/h4-7,9H,3H2,1-2H3;3H,4H2,1-2H3;. The molecule has 80 valence electrons. The molecule has 2 atom stereocenters. The highest BCUT2D eigenvalue weighted by Gasteiger charge is 2.12. The van der Waals surface area contributed by atoms with E-state index in [2.05, 4.69) is 52.0 Å². The van der Waals surface area contributed by atoms with E-state index in [-0.39, 0.29) is 20.4 Å². The highest BCUT2D eigenvalue weighted by molar-refractivity contribution is 6.55. The van der Waals surface area contributed by atoms with Gasteiger partial charge in [-0.25, -0.2) is 0 Å². The van der Waals surface area contributed by atoms with Gasteiger partial charge in [-0.1, -0.05) is 63.9 Å². The van der Waals surface area contributed by atoms with Gasteiger partial charge in [-0.05, 0) is 12.3 Å². The van der Waals surface area contributed by atoms with Crippen molar-refractivity contribution in [3.05, 3.63) is 29.8 Å². The fourth-order valence-corrected chi connectivity index (χ4v) is 3.95. The van der Waals surface area contributed by atoms with Crippen molar-refractivity contribution in [1.82, 2.24) is 0 Å². The molecule has 0 saturated carbocycles. The zero-order valence-corrected chi connectivity index (χ0v) is 12.0. The Kier molecular flexibility index (Phi) is 5.69. The second-order valence-corrected chi connectivity index (χ2v) is 7.29. The molecular weight excluding hydrogens is 192 g/mol. The minimum atomic E-state index is -0.0681. The quantitative estimate of drug-likeness (QED) is 0.655. The Morgan fingerprint density at radius 2 is 1.73 bits per heavy atom. The van der Waals surface area contributed by atoms with Gasteiger partial charge in [0.15, 0.2) is 0 Å². The molecule has 0 saturated heterocycles. The maximum Gasteiger partial charge on any atom is 0.412 e. The molecule has 0 aliphatic heterocycles. The molecule has 1 rings (SSSR count). The van der Waals surface area contributed by atoms with Crippen molar-refractivity contribution in [1.29, 1.82) is 0 Å². The predicted octanol–water partition coefficient (Wildman–Crippen LogP) is 3.75. The number of hydrogen-bond donors (Lipinski definition) is 0. The summed E-state index contributed by atoms with van der Waals surface area (Å²) in [6.07, 6.45) is 2.59. The summed E-state index contributed by atoms with van der Waals surface area (Å²) in [5.41, 5.74) is 1.62. The zero-order valence-electron chi connectivity index (χ0n) is 10.6. The minimum Gasteiger partial charge on any atom is -0.170 e. The van der Waals surface area contributed by atoms with Crippen LogP contribution in [0.2, 0.25) is 4.05 Å². The second kappa shape index (κ2) is 6.54. The normalized spacial score (nSPS) is 14.4. The maximum atomic E-state index is 2.40. The molecule has 1 heteroatoms. The Labute approximate surface area is 104 Å². The van der Waals surface area contributed by atoms with Crippen LogP contribution in [0.5, 0.6) is 0 Å². The molecule has 0 fully saturated rings. The van der Waals surface area contributed by atoms with E-state index in [1.807, 2.05) is 0 Å². The maximum absolute atomic E-state index is 2.40. The van der Waals surface area contributed by atoms with Crippen LogP contribution < -0.4 is 3.69 Å². The van der Waals surface area contributed by atoms with Gasteiger partial charge in [0.2, 0.25) is 0 Å². The van der Waals surface area contributed by atoms with Gasteiger partial charge in [0.25, 0.3) is 0 Å². The van der Waals surface area contributed by atoms with Gasteiger partial charge in [-0.3, -0.25) is 0 Å². The topological polar surface area (TPSA) is 0 Å². The summed E-state index contributed by atoms with van der Waals surface area (Å²) < 4.78 is 2.64. The lowest BCUT2D eigenvalue weighted by molar-refractivity contribution is 0.737. The predicted molar refractivity (Wildman–Crippen MR) is 70.3 cm³/mol. The van der Waals surface area contributed by atoms with Crippen molar-refractivity contribution in [2.45, 2.75) is 50.5 Å². The molecule has 1 aromatic carbocycles. The fraction of sp³-hybridized carbons (Fsp3) is 0.571. The van der Waals surface area contributed by atoms with Crippen molar-refractivity contribution in [3.8, 4) is 0 Å². The van der Waals surface area contributed by atoms with Crippen LogP contribution in [0.3, 0.4) is 0 Å². The molecule has 0 aliphatic rings. The molecule has 0 nitrogen and oxygen atoms in total. The van der Waals surface area contributed by atoms with E-state index < -0.39 is 0 Å². The third kappa shape index (κ3) is 3.80. The zero-order chi connectivity index (χ0) is 11.3. The summed E-state index contributed by atoms with van der Waals surface area (Å²) in [7, 11) is 0. The summed E-state index contributed by atoms with van der Waals surface area (Å²) in [5.74, 6) is 0.734. The third-order valence-electron chi connectivity index (χ3n) is 3.46. The molecule has 0 N–H and O–H groups in total. The third-order valence-corrected chi connectivity index (χ3v) is 5.82. The van der Waals surface area contributed by atoms with Crippen LogP contribution in [0.15, 0.2) is 24.3 Å². The van der Waals surface area contributed by atoms with E-state index in [4.69, 9.17) is 0 Å². The van der Waals surface area contributed by atoms with Gasteiger partial charge in [-0.2, -0.15) is 3.69 Å². The number of rotatable bonds is 5. The van der Waals surface area contributed by atoms with Gasteiger partial charge in [0.05, 0.1) is 0 Å². The van der Waals surface area contributed by atoms with Gasteiger partial charge in [0, 0.05) is 0 Å². The first-order chi connectivity index (χ1) is 7.19. The highest BCUT2D eigenvalue weighted by atomic mass is 24.5. The van der Waals surface area contributed by atoms with Crippen LogP contribution in [-0.2, 0) is 0 Å². The Hall–Kier alpha value is -0.0138. The average molecular weight is 215 g/mol. The van der Waals surface area contributed by atoms with E-state index >= 15 is 0 Å². The lowest BCUT2D eigenvalue weighted by Crippen LogP contribution is -2.23. The van der Waals surface area contributed by atoms with Crippen molar-refractivity contribution < 1.29 is 0 Å². The SMILES string of the molecule is CC[CH](C)[Mg][c]1ccccc1C(C)CC. The highest BCUT2D eigenvalue weighted by Crippen LogP contribution is 2.17. The molecule has 0 aliphatic carbocycles. The molecule has 0 bridgehead atoms. The van der Waals surface area contributed by atoms with E-state index in [0.29, 0.717) is 0 Å². The molecule has 0 amide bonds. The summed E-state index contributed by atoms with van der Waals surface area (Å²) in [6.45, 7) is 9.35. The molecule has 15 heavy (non-hydrogen) atoms. The Bertz CT molecular complexity index is 293. The van der Waals surface area contributed by atoms with Crippen LogP contribution in [0.25, 0.3) is 0 Å². The van der Waals surface area contributed by atoms with Gasteiger partial charge in [0.1, 0.15) is 0 Å². The van der Waals surface area contributed by atoms with Crippen molar-refractivity contribution >= 4 is 24.1 Å². The lowest BCUT2D eigenvalue weighted by atomic mass is 9.99. The fourth-order valence-electron chi connectivity index (χ4n) is 1.94. The average Bonchev–Trinajstić information content (AvgIpc) is 2.28. The Morgan fingerprint density at radius 3 is 2.33 bits per heavy atom. The monoisotopic (exact) mass is 214 g/mol. The van der Waals surface area contributed by atoms with Crippen LogP contribution in [0.4, 0.5) is 0 Å². The van der Waals surface area contributed by atoms with Crippen molar-refractivity contribution in [2.24, 2.45) is 0 Å². The van der Waals surface area contributed by atoms with E-state index in [1.165, 1.54) is 12.8 Å². The van der Waals surface area contributed by atoms with Crippen LogP contribution in [0.1, 0.15) is 52.0 Å². The van der Waals surface area contributed by atoms with Crippen molar-refractivity contribution in [3.63, 3.8) is 0 Å². The molecule has 1 aromatic rings. The summed E-state index contributed by atoms with van der Waals surface area (Å²) in [4.78, 5) is 0. The van der Waals surface area contributed by atoms with Crippen LogP contribution >= 0.6 is 0 Å². The molecule has 0 radical (unpaired) electrons. The smallest absolute Gasteiger partial charge is 0.170 e. The second-order valence-electron chi connectivity index (χ2n) is 4.73. The van der Waals surface area contributed by atoms with Crippen LogP contribution in [-0.4, -0.2) is 20.4 Å². The summed E-state index contributed by atoms with van der Waals surface area (Å²) in [6, 6.07) is 9.09. The van der Waals surface area contributed by atoms with E-state index in [1.54, 1.807) is 9.26 Å². The molecular formula is C14H22Mg. The largest absolute Gasteiger partial charge is 0.412 e.